The zero-order valence-corrected chi connectivity index (χ0v) is 10.3. The van der Waals surface area contributed by atoms with Crippen LogP contribution in [-0.2, 0) is 6.42 Å². The third-order valence-corrected chi connectivity index (χ3v) is 3.42. The van der Waals surface area contributed by atoms with E-state index in [2.05, 4.69) is 0 Å². The standard InChI is InChI=1S/C16H14NO/c1-17-15(12-7-3-2-4-8-12)11-13-9-5-6-10-14(13)16(17)18/h2-10H,11H2,1H3/q+1. The third-order valence-electron chi connectivity index (χ3n) is 3.42. The van der Waals surface area contributed by atoms with Gasteiger partial charge in [-0.15, -0.1) is 0 Å². The first kappa shape index (κ1) is 10.9. The van der Waals surface area contributed by atoms with Gasteiger partial charge in [0.1, 0.15) is 7.05 Å². The molecule has 0 saturated heterocycles. The first-order valence-electron chi connectivity index (χ1n) is 6.04. The molecule has 2 nitrogen and oxygen atoms in total. The van der Waals surface area contributed by atoms with Gasteiger partial charge in [-0.2, -0.15) is 4.58 Å². The van der Waals surface area contributed by atoms with Crippen LogP contribution in [0.4, 0.5) is 0 Å². The zero-order chi connectivity index (χ0) is 12.5. The Morgan fingerprint density at radius 2 is 1.61 bits per heavy atom. The summed E-state index contributed by atoms with van der Waals surface area (Å²) in [5.41, 5.74) is 4.11. The van der Waals surface area contributed by atoms with E-state index < -0.39 is 0 Å². The molecule has 3 rings (SSSR count). The molecule has 0 saturated carbocycles. The van der Waals surface area contributed by atoms with Crippen molar-refractivity contribution in [1.82, 2.24) is 0 Å². The van der Waals surface area contributed by atoms with E-state index in [1.807, 2.05) is 61.6 Å². The first-order valence-corrected chi connectivity index (χ1v) is 6.04. The summed E-state index contributed by atoms with van der Waals surface area (Å²) in [5, 5.41) is 0. The number of nitrogens with zero attached hydrogens (tertiary/aromatic N) is 1. The average molecular weight is 236 g/mol. The molecule has 18 heavy (non-hydrogen) atoms. The Morgan fingerprint density at radius 1 is 0.944 bits per heavy atom. The lowest BCUT2D eigenvalue weighted by molar-refractivity contribution is -0.396. The molecule has 1 heterocycles. The minimum atomic E-state index is 0.0794. The molecule has 2 aromatic rings. The Hall–Kier alpha value is -2.22. The number of hydrogen-bond donors (Lipinski definition) is 0. The van der Waals surface area contributed by atoms with E-state index in [0.717, 1.165) is 28.8 Å². The molecule has 1 amide bonds. The largest absolute Gasteiger partial charge is 0.419 e. The Labute approximate surface area is 106 Å². The monoisotopic (exact) mass is 236 g/mol. The van der Waals surface area contributed by atoms with Crippen molar-refractivity contribution in [3.8, 4) is 0 Å². The summed E-state index contributed by atoms with van der Waals surface area (Å²) in [6.07, 6.45) is 0.808. The van der Waals surface area contributed by atoms with Gasteiger partial charge in [0.05, 0.1) is 12.0 Å². The second kappa shape index (κ2) is 4.22. The van der Waals surface area contributed by atoms with Gasteiger partial charge in [-0.3, -0.25) is 0 Å². The normalized spacial score (nSPS) is 14.6. The number of carbonyl (C=O) groups excluding carboxylic acids is 1. The molecule has 0 spiro atoms. The molecule has 0 aromatic heterocycles. The summed E-state index contributed by atoms with van der Waals surface area (Å²) in [4.78, 5) is 12.3. The molecular weight excluding hydrogens is 222 g/mol. The van der Waals surface area contributed by atoms with Crippen molar-refractivity contribution >= 4 is 11.6 Å². The van der Waals surface area contributed by atoms with Gasteiger partial charge in [0.15, 0.2) is 5.71 Å². The van der Waals surface area contributed by atoms with E-state index in [1.165, 1.54) is 0 Å². The summed E-state index contributed by atoms with van der Waals surface area (Å²) < 4.78 is 1.76. The molecule has 1 aliphatic rings. The van der Waals surface area contributed by atoms with Crippen molar-refractivity contribution in [2.24, 2.45) is 0 Å². The van der Waals surface area contributed by atoms with Crippen molar-refractivity contribution < 1.29 is 9.37 Å². The molecule has 0 atom stereocenters. The fourth-order valence-corrected chi connectivity index (χ4v) is 2.41. The highest BCUT2D eigenvalue weighted by Crippen LogP contribution is 2.18. The number of amides is 1. The lowest BCUT2D eigenvalue weighted by atomic mass is 9.94. The van der Waals surface area contributed by atoms with Crippen LogP contribution >= 0.6 is 0 Å². The van der Waals surface area contributed by atoms with E-state index in [4.69, 9.17) is 0 Å². The van der Waals surface area contributed by atoms with Gasteiger partial charge in [0.25, 0.3) is 0 Å². The molecule has 0 N–H and O–H groups in total. The molecule has 0 bridgehead atoms. The summed E-state index contributed by atoms with van der Waals surface area (Å²) in [6.45, 7) is 0. The molecule has 0 radical (unpaired) electrons. The van der Waals surface area contributed by atoms with Gasteiger partial charge in [0, 0.05) is 5.56 Å². The number of hydrogen-bond acceptors (Lipinski definition) is 1. The highest BCUT2D eigenvalue weighted by atomic mass is 16.2. The first-order chi connectivity index (χ1) is 8.77. The van der Waals surface area contributed by atoms with Crippen molar-refractivity contribution in [3.05, 3.63) is 71.3 Å². The quantitative estimate of drug-likeness (QED) is 0.697. The van der Waals surface area contributed by atoms with Crippen LogP contribution in [0.5, 0.6) is 0 Å². The van der Waals surface area contributed by atoms with Crippen molar-refractivity contribution in [3.63, 3.8) is 0 Å². The van der Waals surface area contributed by atoms with Crippen molar-refractivity contribution in [2.45, 2.75) is 6.42 Å². The summed E-state index contributed by atoms with van der Waals surface area (Å²) in [5.74, 6) is 0.0794. The van der Waals surface area contributed by atoms with Crippen LogP contribution < -0.4 is 0 Å². The van der Waals surface area contributed by atoms with E-state index in [0.29, 0.717) is 0 Å². The van der Waals surface area contributed by atoms with Gasteiger partial charge in [0.2, 0.25) is 0 Å². The summed E-state index contributed by atoms with van der Waals surface area (Å²) in [7, 11) is 1.85. The maximum atomic E-state index is 12.3. The van der Waals surface area contributed by atoms with Crippen LogP contribution in [0.3, 0.4) is 0 Å². The Bertz CT molecular complexity index is 641. The van der Waals surface area contributed by atoms with Crippen LogP contribution in [0.25, 0.3) is 0 Å². The summed E-state index contributed by atoms with van der Waals surface area (Å²) >= 11 is 0. The van der Waals surface area contributed by atoms with Gasteiger partial charge in [-0.25, -0.2) is 4.79 Å². The molecule has 88 valence electrons. The van der Waals surface area contributed by atoms with Crippen LogP contribution in [0.2, 0.25) is 0 Å². The van der Waals surface area contributed by atoms with Crippen LogP contribution in [0.1, 0.15) is 21.5 Å². The molecule has 0 fully saturated rings. The highest BCUT2D eigenvalue weighted by Gasteiger charge is 2.30. The molecule has 0 aliphatic carbocycles. The van der Waals surface area contributed by atoms with Gasteiger partial charge in [-0.1, -0.05) is 36.4 Å². The number of carbonyl (C=O) groups is 1. The maximum Gasteiger partial charge on any atom is 0.419 e. The smallest absolute Gasteiger partial charge is 0.214 e. The van der Waals surface area contributed by atoms with Crippen LogP contribution in [-0.4, -0.2) is 23.2 Å². The number of fused-ring (bicyclic) bond motifs is 1. The fraction of sp³-hybridized carbons (Fsp3) is 0.125. The second-order valence-electron chi connectivity index (χ2n) is 4.51. The fourth-order valence-electron chi connectivity index (χ4n) is 2.41. The predicted octanol–water partition coefficient (Wildman–Crippen LogP) is 2.51. The topological polar surface area (TPSA) is 20.1 Å². The van der Waals surface area contributed by atoms with Crippen LogP contribution in [0, 0.1) is 0 Å². The third kappa shape index (κ3) is 1.66. The van der Waals surface area contributed by atoms with Crippen LogP contribution in [0.15, 0.2) is 54.6 Å². The predicted molar refractivity (Wildman–Crippen MR) is 71.2 cm³/mol. The van der Waals surface area contributed by atoms with Crippen molar-refractivity contribution in [1.29, 1.82) is 0 Å². The molecule has 2 aromatic carbocycles. The zero-order valence-electron chi connectivity index (χ0n) is 10.3. The summed E-state index contributed by atoms with van der Waals surface area (Å²) in [6, 6.07) is 17.9. The van der Waals surface area contributed by atoms with Gasteiger partial charge >= 0.3 is 5.91 Å². The molecular formula is C16H14NO+. The molecule has 0 unspecified atom stereocenters. The second-order valence-corrected chi connectivity index (χ2v) is 4.51. The lowest BCUT2D eigenvalue weighted by Crippen LogP contribution is -2.32. The Kier molecular flexibility index (Phi) is 2.56. The maximum absolute atomic E-state index is 12.3. The number of rotatable bonds is 1. The SMILES string of the molecule is C[N+]1=C(c2ccccc2)Cc2ccccc2C1=O. The molecule has 2 heteroatoms. The average Bonchev–Trinajstić information content (AvgIpc) is 2.44. The molecule has 1 aliphatic heterocycles. The van der Waals surface area contributed by atoms with E-state index >= 15 is 0 Å². The minimum Gasteiger partial charge on any atom is -0.214 e. The lowest BCUT2D eigenvalue weighted by Gasteiger charge is -2.14. The highest BCUT2D eigenvalue weighted by molar-refractivity contribution is 6.06. The number of benzene rings is 2. The Morgan fingerprint density at radius 3 is 2.39 bits per heavy atom. The minimum absolute atomic E-state index is 0.0794. The van der Waals surface area contributed by atoms with Gasteiger partial charge in [-0.05, 0) is 23.8 Å². The van der Waals surface area contributed by atoms with Gasteiger partial charge < -0.3 is 0 Å². The van der Waals surface area contributed by atoms with E-state index in [-0.39, 0.29) is 5.91 Å². The van der Waals surface area contributed by atoms with E-state index in [1.54, 1.807) is 4.58 Å². The Balaban J connectivity index is 2.14. The van der Waals surface area contributed by atoms with Crippen molar-refractivity contribution in [2.75, 3.05) is 7.05 Å². The van der Waals surface area contributed by atoms with E-state index in [9.17, 15) is 4.79 Å².